The van der Waals surface area contributed by atoms with Crippen LogP contribution in [0.5, 0.6) is 0 Å². The van der Waals surface area contributed by atoms with Gasteiger partial charge in [-0.3, -0.25) is 19.2 Å². The molecule has 1 aliphatic rings. The van der Waals surface area contributed by atoms with Crippen molar-refractivity contribution in [3.63, 3.8) is 0 Å². The van der Waals surface area contributed by atoms with Crippen molar-refractivity contribution in [3.05, 3.63) is 72.6 Å². The Morgan fingerprint density at radius 2 is 1.32 bits per heavy atom. The number of ether oxygens (including phenoxy) is 3. The molecular formula is C40H50N8O8. The van der Waals surface area contributed by atoms with Crippen LogP contribution in [0.15, 0.2) is 60.9 Å². The smallest absolute Gasteiger partial charge is 0.407 e. The SMILES string of the molecule is COC(=O)N[C@H](C(=O)N1CCCC1c1nc(-c2ccc(-c3ccc(-c4c[nH]c([C@@H](NC(=O)[C@@H](NC(=O)C=O)[C@@H](C)OC)C(C)C)n4)cc3)cc2)c[nH]1)[C@@H](C)OC. The Morgan fingerprint density at radius 1 is 0.768 bits per heavy atom. The average Bonchev–Trinajstić information content (AvgIpc) is 4.02. The largest absolute Gasteiger partial charge is 0.453 e. The molecule has 1 aliphatic heterocycles. The highest BCUT2D eigenvalue weighted by Crippen LogP contribution is 2.33. The van der Waals surface area contributed by atoms with Gasteiger partial charge in [0.15, 0.2) is 0 Å². The molecule has 0 spiro atoms. The third-order valence-electron chi connectivity index (χ3n) is 10.1. The number of aldehydes is 1. The summed E-state index contributed by atoms with van der Waals surface area (Å²) in [5, 5.41) is 7.95. The second-order valence-corrected chi connectivity index (χ2v) is 14.0. The molecule has 0 aliphatic carbocycles. The van der Waals surface area contributed by atoms with Crippen LogP contribution in [0.2, 0.25) is 0 Å². The van der Waals surface area contributed by atoms with Gasteiger partial charge < -0.3 is 45.0 Å². The molecular weight excluding hydrogens is 720 g/mol. The molecule has 4 aromatic rings. The summed E-state index contributed by atoms with van der Waals surface area (Å²) in [4.78, 5) is 79.3. The maximum absolute atomic E-state index is 13.6. The lowest BCUT2D eigenvalue weighted by Crippen LogP contribution is -2.54. The van der Waals surface area contributed by atoms with Crippen LogP contribution in [0.3, 0.4) is 0 Å². The van der Waals surface area contributed by atoms with Gasteiger partial charge >= 0.3 is 6.09 Å². The molecule has 16 nitrogen and oxygen atoms in total. The molecule has 5 rings (SSSR count). The summed E-state index contributed by atoms with van der Waals surface area (Å²) in [7, 11) is 4.16. The van der Waals surface area contributed by atoms with Crippen LogP contribution in [0, 0.1) is 5.92 Å². The number of alkyl carbamates (subject to hydrolysis) is 1. The highest BCUT2D eigenvalue weighted by atomic mass is 16.5. The van der Waals surface area contributed by atoms with Crippen molar-refractivity contribution >= 4 is 30.1 Å². The second kappa shape index (κ2) is 18.6. The third-order valence-corrected chi connectivity index (χ3v) is 10.1. The number of likely N-dealkylation sites (tertiary alicyclic amines) is 1. The maximum Gasteiger partial charge on any atom is 0.407 e. The fraction of sp³-hybridized carbons (Fsp3) is 0.425. The number of carbonyl (C=O) groups excluding carboxylic acids is 5. The van der Waals surface area contributed by atoms with E-state index in [0.29, 0.717) is 23.9 Å². The van der Waals surface area contributed by atoms with Crippen LogP contribution in [0.25, 0.3) is 33.6 Å². The monoisotopic (exact) mass is 770 g/mol. The van der Waals surface area contributed by atoms with Gasteiger partial charge in [-0.05, 0) is 43.7 Å². The molecule has 6 atom stereocenters. The number of hydrogen-bond acceptors (Lipinski definition) is 10. The van der Waals surface area contributed by atoms with Gasteiger partial charge in [0.25, 0.3) is 5.91 Å². The molecule has 0 saturated carbocycles. The zero-order valence-electron chi connectivity index (χ0n) is 32.6. The molecule has 1 unspecified atom stereocenters. The van der Waals surface area contributed by atoms with E-state index in [2.05, 4.69) is 25.9 Å². The topological polar surface area (TPSA) is 210 Å². The summed E-state index contributed by atoms with van der Waals surface area (Å²) < 4.78 is 15.4. The summed E-state index contributed by atoms with van der Waals surface area (Å²) in [6, 6.07) is 13.3. The van der Waals surface area contributed by atoms with Gasteiger partial charge in [0.2, 0.25) is 18.1 Å². The van der Waals surface area contributed by atoms with E-state index in [9.17, 15) is 24.0 Å². The fourth-order valence-electron chi connectivity index (χ4n) is 6.67. The van der Waals surface area contributed by atoms with Gasteiger partial charge in [-0.15, -0.1) is 0 Å². The maximum atomic E-state index is 13.6. The lowest BCUT2D eigenvalue weighted by Gasteiger charge is -2.30. The molecule has 0 radical (unpaired) electrons. The molecule has 2 aromatic heterocycles. The number of methoxy groups -OCH3 is 3. The molecule has 56 heavy (non-hydrogen) atoms. The molecule has 16 heteroatoms. The van der Waals surface area contributed by atoms with E-state index in [4.69, 9.17) is 24.2 Å². The zero-order valence-corrected chi connectivity index (χ0v) is 32.6. The van der Waals surface area contributed by atoms with Crippen LogP contribution < -0.4 is 16.0 Å². The van der Waals surface area contributed by atoms with Gasteiger partial charge in [0.05, 0.1) is 42.8 Å². The van der Waals surface area contributed by atoms with Gasteiger partial charge in [0, 0.05) is 44.3 Å². The van der Waals surface area contributed by atoms with Crippen molar-refractivity contribution in [1.29, 1.82) is 0 Å². The summed E-state index contributed by atoms with van der Waals surface area (Å²) in [6.07, 6.45) is 3.31. The Labute approximate surface area is 325 Å². The zero-order chi connectivity index (χ0) is 40.5. The fourth-order valence-corrected chi connectivity index (χ4v) is 6.67. The van der Waals surface area contributed by atoms with Gasteiger partial charge in [-0.1, -0.05) is 62.4 Å². The molecule has 4 amide bonds. The van der Waals surface area contributed by atoms with Gasteiger partial charge in [-0.2, -0.15) is 0 Å². The number of nitrogens with one attached hydrogen (secondary N) is 5. The van der Waals surface area contributed by atoms with Crippen LogP contribution in [0.4, 0.5) is 4.79 Å². The number of benzene rings is 2. The quantitative estimate of drug-likeness (QED) is 0.0814. The number of aromatic nitrogens is 4. The molecule has 298 valence electrons. The number of H-pyrrole nitrogens is 2. The minimum atomic E-state index is -1.07. The normalized spacial score (nSPS) is 16.7. The van der Waals surface area contributed by atoms with Crippen molar-refractivity contribution in [2.45, 2.75) is 76.9 Å². The van der Waals surface area contributed by atoms with E-state index in [1.165, 1.54) is 21.3 Å². The Morgan fingerprint density at radius 3 is 1.88 bits per heavy atom. The van der Waals surface area contributed by atoms with Gasteiger partial charge in [0.1, 0.15) is 23.7 Å². The summed E-state index contributed by atoms with van der Waals surface area (Å²) >= 11 is 0. The Kier molecular flexibility index (Phi) is 13.7. The highest BCUT2D eigenvalue weighted by molar-refractivity contribution is 6.24. The van der Waals surface area contributed by atoms with Crippen LogP contribution in [0.1, 0.15) is 64.3 Å². The first-order valence-corrected chi connectivity index (χ1v) is 18.5. The van der Waals surface area contributed by atoms with E-state index >= 15 is 0 Å². The minimum absolute atomic E-state index is 0.0575. The number of aromatic amines is 2. The van der Waals surface area contributed by atoms with E-state index in [0.717, 1.165) is 40.8 Å². The summed E-state index contributed by atoms with van der Waals surface area (Å²) in [5.74, 6) is -0.517. The van der Waals surface area contributed by atoms with Crippen LogP contribution in [-0.4, -0.2) is 107 Å². The van der Waals surface area contributed by atoms with Crippen molar-refractivity contribution in [3.8, 4) is 33.6 Å². The van der Waals surface area contributed by atoms with E-state index in [-0.39, 0.29) is 24.2 Å². The van der Waals surface area contributed by atoms with Crippen molar-refractivity contribution in [2.75, 3.05) is 27.9 Å². The number of amides is 4. The Balaban J connectivity index is 1.25. The van der Waals surface area contributed by atoms with Gasteiger partial charge in [-0.25, -0.2) is 14.8 Å². The standard InChI is InChI=1S/C40H50N8O8/c1-22(2)33(46-38(51)34(23(3)54-5)45-32(50)21-49)37-42-20-30(44-37)28-16-12-26(13-17-28)25-10-14-27(15-11-25)29-19-41-36(43-29)31-9-8-18-48(31)39(52)35(24(4)55-6)47-40(53)56-7/h10-17,19-24,31,33-35H,8-9,18H2,1-7H3,(H,41,43)(H,42,44)(H,45,50)(H,46,51)(H,47,53)/t23-,24-,31?,33+,34+,35+/m1/s1. The predicted molar refractivity (Wildman–Crippen MR) is 207 cm³/mol. The minimum Gasteiger partial charge on any atom is -0.453 e. The molecule has 0 bridgehead atoms. The number of nitrogens with zero attached hydrogens (tertiary/aromatic N) is 3. The molecule has 2 aromatic carbocycles. The number of rotatable bonds is 16. The molecule has 1 fully saturated rings. The van der Waals surface area contributed by atoms with E-state index in [1.54, 1.807) is 24.9 Å². The molecule has 5 N–H and O–H groups in total. The predicted octanol–water partition coefficient (Wildman–Crippen LogP) is 4.09. The van der Waals surface area contributed by atoms with E-state index < -0.39 is 48.2 Å². The third kappa shape index (κ3) is 9.49. The second-order valence-electron chi connectivity index (χ2n) is 14.0. The van der Waals surface area contributed by atoms with E-state index in [1.807, 2.05) is 68.6 Å². The average molecular weight is 771 g/mol. The van der Waals surface area contributed by atoms with Crippen molar-refractivity contribution in [1.82, 2.24) is 40.8 Å². The first-order chi connectivity index (χ1) is 26.9. The Bertz CT molecular complexity index is 1980. The van der Waals surface area contributed by atoms with Crippen LogP contribution in [-0.2, 0) is 33.4 Å². The Hall–Kier alpha value is -5.87. The van der Waals surface area contributed by atoms with Crippen molar-refractivity contribution < 1.29 is 38.2 Å². The molecule has 1 saturated heterocycles. The number of hydrogen-bond donors (Lipinski definition) is 5. The first-order valence-electron chi connectivity index (χ1n) is 18.5. The highest BCUT2D eigenvalue weighted by Gasteiger charge is 2.39. The lowest BCUT2D eigenvalue weighted by atomic mass is 10.0. The summed E-state index contributed by atoms with van der Waals surface area (Å²) in [6.45, 7) is 7.76. The van der Waals surface area contributed by atoms with Crippen LogP contribution >= 0.6 is 0 Å². The number of carbonyl (C=O) groups is 5. The lowest BCUT2D eigenvalue weighted by molar-refractivity contribution is -0.137. The first kappa shape index (κ1) is 41.3. The van der Waals surface area contributed by atoms with Crippen molar-refractivity contribution in [2.24, 2.45) is 5.92 Å². The number of imidazole rings is 2. The molecule has 3 heterocycles. The summed E-state index contributed by atoms with van der Waals surface area (Å²) in [5.41, 5.74) is 5.23.